The van der Waals surface area contributed by atoms with Crippen molar-refractivity contribution in [2.75, 3.05) is 7.05 Å². The van der Waals surface area contributed by atoms with Crippen LogP contribution in [-0.2, 0) is 6.54 Å². The van der Waals surface area contributed by atoms with E-state index < -0.39 is 4.92 Å². The van der Waals surface area contributed by atoms with Crippen molar-refractivity contribution in [1.29, 1.82) is 0 Å². The Bertz CT molecular complexity index is 642. The number of H-pyrrole nitrogens is 1. The molecule has 0 radical (unpaired) electrons. The number of amides is 1. The van der Waals surface area contributed by atoms with Crippen LogP contribution in [0.5, 0.6) is 0 Å². The number of nitro groups is 1. The van der Waals surface area contributed by atoms with E-state index in [1.807, 2.05) is 0 Å². The minimum absolute atomic E-state index is 0.137. The van der Waals surface area contributed by atoms with Crippen molar-refractivity contribution in [3.8, 4) is 0 Å². The number of nitrogens with one attached hydrogen (secondary N) is 1. The smallest absolute Gasteiger partial charge is 0.284 e. The van der Waals surface area contributed by atoms with Crippen LogP contribution < -0.4 is 0 Å². The maximum absolute atomic E-state index is 12.3. The number of carbonyl (C=O) groups excluding carboxylic acids is 1. The van der Waals surface area contributed by atoms with Gasteiger partial charge in [-0.15, -0.1) is 0 Å². The average Bonchev–Trinajstić information content (AvgIpc) is 2.90. The Hall–Kier alpha value is -2.22. The molecule has 8 heteroatoms. The lowest BCUT2D eigenvalue weighted by Gasteiger charge is -2.16. The molecule has 1 aromatic carbocycles. The number of nitrogens with zero attached hydrogens (tertiary/aromatic N) is 3. The van der Waals surface area contributed by atoms with Crippen LogP contribution in [-0.4, -0.2) is 32.7 Å². The number of nitro benzene ring substituents is 1. The Morgan fingerprint density at radius 3 is 2.90 bits per heavy atom. The maximum atomic E-state index is 12.3. The molecule has 0 aliphatic rings. The van der Waals surface area contributed by atoms with Crippen LogP contribution in [0.2, 0.25) is 0 Å². The highest BCUT2D eigenvalue weighted by atomic mass is 79.9. The Labute approximate surface area is 122 Å². The van der Waals surface area contributed by atoms with Crippen LogP contribution in [0, 0.1) is 10.1 Å². The molecular weight excluding hydrogens is 328 g/mol. The number of rotatable bonds is 4. The Morgan fingerprint density at radius 1 is 1.55 bits per heavy atom. The van der Waals surface area contributed by atoms with E-state index in [2.05, 4.69) is 25.9 Å². The zero-order valence-corrected chi connectivity index (χ0v) is 12.1. The SMILES string of the molecule is CN(Cc1ncc[nH]1)C(=O)c1cccc([N+](=O)[O-])c1Br. The predicted molar refractivity (Wildman–Crippen MR) is 75.2 cm³/mol. The maximum Gasteiger partial charge on any atom is 0.284 e. The van der Waals surface area contributed by atoms with E-state index in [4.69, 9.17) is 0 Å². The number of halogens is 1. The van der Waals surface area contributed by atoms with Gasteiger partial charge in [0.15, 0.2) is 0 Å². The van der Waals surface area contributed by atoms with Crippen LogP contribution in [0.3, 0.4) is 0 Å². The molecule has 0 bridgehead atoms. The highest BCUT2D eigenvalue weighted by Gasteiger charge is 2.22. The molecule has 2 aromatic rings. The van der Waals surface area contributed by atoms with Gasteiger partial charge in [-0.1, -0.05) is 6.07 Å². The average molecular weight is 339 g/mol. The summed E-state index contributed by atoms with van der Waals surface area (Å²) in [5.74, 6) is 0.319. The van der Waals surface area contributed by atoms with Gasteiger partial charge in [0.25, 0.3) is 11.6 Å². The van der Waals surface area contributed by atoms with Gasteiger partial charge in [-0.2, -0.15) is 0 Å². The molecule has 1 heterocycles. The number of aromatic amines is 1. The highest BCUT2D eigenvalue weighted by molar-refractivity contribution is 9.10. The molecule has 20 heavy (non-hydrogen) atoms. The lowest BCUT2D eigenvalue weighted by atomic mass is 10.2. The third kappa shape index (κ3) is 2.85. The zero-order valence-electron chi connectivity index (χ0n) is 10.5. The van der Waals surface area contributed by atoms with Crippen molar-refractivity contribution >= 4 is 27.5 Å². The monoisotopic (exact) mass is 338 g/mol. The van der Waals surface area contributed by atoms with Crippen LogP contribution in [0.15, 0.2) is 35.1 Å². The van der Waals surface area contributed by atoms with E-state index in [1.54, 1.807) is 19.4 Å². The highest BCUT2D eigenvalue weighted by Crippen LogP contribution is 2.29. The fourth-order valence-corrected chi connectivity index (χ4v) is 2.29. The standard InChI is InChI=1S/C12H11BrN4O3/c1-16(7-10-14-5-6-15-10)12(18)8-3-2-4-9(11(8)13)17(19)20/h2-6H,7H2,1H3,(H,14,15). The molecule has 1 N–H and O–H groups in total. The second kappa shape index (κ2) is 5.83. The summed E-state index contributed by atoms with van der Waals surface area (Å²) in [6, 6.07) is 4.36. The predicted octanol–water partition coefficient (Wildman–Crippen LogP) is 2.35. The minimum atomic E-state index is -0.534. The first-order valence-electron chi connectivity index (χ1n) is 5.67. The number of aromatic nitrogens is 2. The Morgan fingerprint density at radius 2 is 2.30 bits per heavy atom. The van der Waals surface area contributed by atoms with Gasteiger partial charge in [0.1, 0.15) is 10.3 Å². The third-order valence-corrected chi connectivity index (χ3v) is 3.53. The van der Waals surface area contributed by atoms with Gasteiger partial charge in [0, 0.05) is 25.5 Å². The summed E-state index contributed by atoms with van der Waals surface area (Å²) >= 11 is 3.12. The van der Waals surface area contributed by atoms with Crippen molar-refractivity contribution in [3.05, 3.63) is 56.6 Å². The summed E-state index contributed by atoms with van der Waals surface area (Å²) in [4.78, 5) is 31.0. The summed E-state index contributed by atoms with van der Waals surface area (Å²) in [5.41, 5.74) is 0.107. The van der Waals surface area contributed by atoms with Gasteiger partial charge in [0.05, 0.1) is 17.0 Å². The summed E-state index contributed by atoms with van der Waals surface area (Å²) in [6.07, 6.45) is 3.26. The van der Waals surface area contributed by atoms with Crippen LogP contribution in [0.1, 0.15) is 16.2 Å². The topological polar surface area (TPSA) is 92.1 Å². The molecule has 0 spiro atoms. The first-order chi connectivity index (χ1) is 9.50. The van der Waals surface area contributed by atoms with Crippen molar-refractivity contribution in [3.63, 3.8) is 0 Å². The molecule has 0 atom stereocenters. The summed E-state index contributed by atoms with van der Waals surface area (Å²) in [6.45, 7) is 0.293. The Balaban J connectivity index is 2.25. The molecule has 7 nitrogen and oxygen atoms in total. The molecule has 0 saturated carbocycles. The molecular formula is C12H11BrN4O3. The lowest BCUT2D eigenvalue weighted by Crippen LogP contribution is -2.27. The Kier molecular flexibility index (Phi) is 4.14. The summed E-state index contributed by atoms with van der Waals surface area (Å²) in [5, 5.41) is 10.9. The second-order valence-electron chi connectivity index (χ2n) is 4.09. The van der Waals surface area contributed by atoms with E-state index >= 15 is 0 Å². The van der Waals surface area contributed by atoms with Gasteiger partial charge in [-0.3, -0.25) is 14.9 Å². The van der Waals surface area contributed by atoms with Gasteiger partial charge in [-0.25, -0.2) is 4.98 Å². The molecule has 0 fully saturated rings. The molecule has 0 aliphatic carbocycles. The number of hydrogen-bond donors (Lipinski definition) is 1. The van der Waals surface area contributed by atoms with Gasteiger partial charge < -0.3 is 9.88 Å². The third-order valence-electron chi connectivity index (χ3n) is 2.69. The minimum Gasteiger partial charge on any atom is -0.347 e. The van der Waals surface area contributed by atoms with Crippen molar-refractivity contribution in [1.82, 2.24) is 14.9 Å². The molecule has 1 aromatic heterocycles. The van der Waals surface area contributed by atoms with Gasteiger partial charge >= 0.3 is 0 Å². The normalized spacial score (nSPS) is 10.3. The molecule has 0 saturated heterocycles. The number of imidazole rings is 1. The number of hydrogen-bond acceptors (Lipinski definition) is 4. The largest absolute Gasteiger partial charge is 0.347 e. The fraction of sp³-hybridized carbons (Fsp3) is 0.167. The van der Waals surface area contributed by atoms with Crippen molar-refractivity contribution in [2.24, 2.45) is 0 Å². The van der Waals surface area contributed by atoms with Gasteiger partial charge in [-0.05, 0) is 22.0 Å². The first kappa shape index (κ1) is 14.2. The molecule has 0 unspecified atom stereocenters. The van der Waals surface area contributed by atoms with E-state index in [9.17, 15) is 14.9 Å². The quantitative estimate of drug-likeness (QED) is 0.684. The van der Waals surface area contributed by atoms with Crippen molar-refractivity contribution < 1.29 is 9.72 Å². The molecule has 104 valence electrons. The number of carbonyl (C=O) groups is 1. The van der Waals surface area contributed by atoms with E-state index in [-0.39, 0.29) is 21.6 Å². The van der Waals surface area contributed by atoms with E-state index in [0.717, 1.165) is 0 Å². The van der Waals surface area contributed by atoms with E-state index in [0.29, 0.717) is 12.4 Å². The zero-order chi connectivity index (χ0) is 14.7. The molecule has 0 aliphatic heterocycles. The molecule has 2 rings (SSSR count). The van der Waals surface area contributed by atoms with E-state index in [1.165, 1.54) is 23.1 Å². The second-order valence-corrected chi connectivity index (χ2v) is 4.89. The van der Waals surface area contributed by atoms with Crippen LogP contribution >= 0.6 is 15.9 Å². The fourth-order valence-electron chi connectivity index (χ4n) is 1.71. The summed E-state index contributed by atoms with van der Waals surface area (Å²) in [7, 11) is 1.61. The first-order valence-corrected chi connectivity index (χ1v) is 6.46. The molecule has 1 amide bonds. The number of benzene rings is 1. The van der Waals surface area contributed by atoms with Crippen molar-refractivity contribution in [2.45, 2.75) is 6.54 Å². The van der Waals surface area contributed by atoms with Crippen LogP contribution in [0.4, 0.5) is 5.69 Å². The lowest BCUT2D eigenvalue weighted by molar-refractivity contribution is -0.385. The summed E-state index contributed by atoms with van der Waals surface area (Å²) < 4.78 is 0.182. The van der Waals surface area contributed by atoms with Crippen LogP contribution in [0.25, 0.3) is 0 Å². The van der Waals surface area contributed by atoms with Gasteiger partial charge in [0.2, 0.25) is 0 Å².